The van der Waals surface area contributed by atoms with E-state index in [0.717, 1.165) is 5.56 Å². The molecule has 1 aliphatic rings. The molecule has 11 heteroatoms. The number of nitrogens with zero attached hydrogens (tertiary/aromatic N) is 2. The van der Waals surface area contributed by atoms with Gasteiger partial charge in [0.15, 0.2) is 5.13 Å². The first-order valence-corrected chi connectivity index (χ1v) is 10.1. The third-order valence-electron chi connectivity index (χ3n) is 3.81. The largest absolute Gasteiger partial charge is 0.448 e. The Morgan fingerprint density at radius 1 is 1.36 bits per heavy atom. The summed E-state index contributed by atoms with van der Waals surface area (Å²) in [5.41, 5.74) is 1.54. The lowest BCUT2D eigenvalue weighted by atomic mass is 10.2. The highest BCUT2D eigenvalue weighted by Crippen LogP contribution is 2.22. The van der Waals surface area contributed by atoms with Crippen molar-refractivity contribution in [1.29, 1.82) is 0 Å². The second-order valence-electron chi connectivity index (χ2n) is 5.85. The summed E-state index contributed by atoms with van der Waals surface area (Å²) >= 11 is 13.1. The first kappa shape index (κ1) is 20.7. The number of cyclic esters (lactones) is 1. The van der Waals surface area contributed by atoms with Gasteiger partial charge in [0.1, 0.15) is 6.61 Å². The molecule has 2 aromatic rings. The van der Waals surface area contributed by atoms with Gasteiger partial charge in [-0.2, -0.15) is 0 Å². The highest BCUT2D eigenvalue weighted by molar-refractivity contribution is 7.13. The van der Waals surface area contributed by atoms with E-state index in [9.17, 15) is 9.59 Å². The summed E-state index contributed by atoms with van der Waals surface area (Å²) in [4.78, 5) is 29.2. The number of hydrogen-bond donors (Lipinski definition) is 2. The number of carbonyl (C=O) groups excluding carboxylic acids is 2. The molecule has 28 heavy (non-hydrogen) atoms. The summed E-state index contributed by atoms with van der Waals surface area (Å²) < 4.78 is 10.4. The first-order valence-electron chi connectivity index (χ1n) is 8.44. The minimum absolute atomic E-state index is 0.298. The lowest BCUT2D eigenvalue weighted by Gasteiger charge is -2.11. The van der Waals surface area contributed by atoms with Crippen LogP contribution in [0, 0.1) is 0 Å². The van der Waals surface area contributed by atoms with Crippen LogP contribution < -0.4 is 10.6 Å². The predicted molar refractivity (Wildman–Crippen MR) is 107 cm³/mol. The van der Waals surface area contributed by atoms with E-state index in [1.807, 2.05) is 0 Å². The molecule has 150 valence electrons. The van der Waals surface area contributed by atoms with Crippen molar-refractivity contribution in [2.45, 2.75) is 13.2 Å². The van der Waals surface area contributed by atoms with Crippen LogP contribution in [-0.2, 0) is 22.6 Å². The molecule has 1 fully saturated rings. The highest BCUT2D eigenvalue weighted by Gasteiger charge is 2.21. The number of ether oxygens (including phenoxy) is 2. The van der Waals surface area contributed by atoms with Gasteiger partial charge in [0, 0.05) is 18.5 Å². The smallest absolute Gasteiger partial charge is 0.410 e. The van der Waals surface area contributed by atoms with Crippen LogP contribution in [0.15, 0.2) is 23.6 Å². The molecule has 2 N–H and O–H groups in total. The molecule has 0 saturated carbocycles. The van der Waals surface area contributed by atoms with E-state index >= 15 is 0 Å². The average molecular weight is 445 g/mol. The number of amides is 3. The van der Waals surface area contributed by atoms with Crippen molar-refractivity contribution >= 4 is 51.8 Å². The molecule has 0 bridgehead atoms. The van der Waals surface area contributed by atoms with E-state index in [1.165, 1.54) is 11.3 Å². The summed E-state index contributed by atoms with van der Waals surface area (Å²) in [7, 11) is 0. The maximum Gasteiger partial charge on any atom is 0.410 e. The molecule has 0 atom stereocenters. The number of hydrogen-bond acceptors (Lipinski definition) is 6. The highest BCUT2D eigenvalue weighted by atomic mass is 35.5. The topological polar surface area (TPSA) is 92.8 Å². The van der Waals surface area contributed by atoms with Crippen molar-refractivity contribution in [2.75, 3.05) is 31.6 Å². The number of aromatic nitrogens is 1. The molecule has 1 aromatic carbocycles. The Balaban J connectivity index is 1.36. The van der Waals surface area contributed by atoms with E-state index in [1.54, 1.807) is 28.5 Å². The van der Waals surface area contributed by atoms with Gasteiger partial charge in [-0.15, -0.1) is 11.3 Å². The monoisotopic (exact) mass is 444 g/mol. The number of thiazole rings is 1. The molecule has 1 saturated heterocycles. The number of halogens is 2. The standard InChI is InChI=1S/C17H18Cl2N4O4S/c18-13-2-1-11(7-14(13)19)8-20-15(24)22-16-21-12(10-28-16)9-26-5-3-23-4-6-27-17(23)25/h1-2,7,10H,3-6,8-9H2,(H2,20,21,22,24). The van der Waals surface area contributed by atoms with Gasteiger partial charge in [-0.1, -0.05) is 29.3 Å². The van der Waals surface area contributed by atoms with E-state index in [-0.39, 0.29) is 12.1 Å². The Bertz CT molecular complexity index is 848. The summed E-state index contributed by atoms with van der Waals surface area (Å²) in [6.45, 7) is 2.48. The van der Waals surface area contributed by atoms with Crippen LogP contribution in [0.2, 0.25) is 10.0 Å². The zero-order valence-corrected chi connectivity index (χ0v) is 17.1. The molecule has 0 spiro atoms. The van der Waals surface area contributed by atoms with E-state index < -0.39 is 0 Å². The Kier molecular flexibility index (Phi) is 7.32. The predicted octanol–water partition coefficient (Wildman–Crippen LogP) is 3.74. The van der Waals surface area contributed by atoms with Crippen LogP contribution in [0.3, 0.4) is 0 Å². The number of benzene rings is 1. The maximum atomic E-state index is 12.0. The van der Waals surface area contributed by atoms with Gasteiger partial charge in [-0.25, -0.2) is 14.6 Å². The number of urea groups is 1. The van der Waals surface area contributed by atoms with Gasteiger partial charge in [-0.05, 0) is 17.7 Å². The molecule has 1 aliphatic heterocycles. The van der Waals surface area contributed by atoms with Gasteiger partial charge in [-0.3, -0.25) is 5.32 Å². The van der Waals surface area contributed by atoms with Crippen LogP contribution in [-0.4, -0.2) is 48.3 Å². The molecule has 1 aromatic heterocycles. The quantitative estimate of drug-likeness (QED) is 0.604. The van der Waals surface area contributed by atoms with Crippen molar-refractivity contribution in [1.82, 2.24) is 15.2 Å². The number of anilines is 1. The van der Waals surface area contributed by atoms with Crippen molar-refractivity contribution in [3.63, 3.8) is 0 Å². The second-order valence-corrected chi connectivity index (χ2v) is 7.53. The lowest BCUT2D eigenvalue weighted by molar-refractivity contribution is 0.0976. The Hall–Kier alpha value is -2.07. The molecule has 3 rings (SSSR count). The maximum absolute atomic E-state index is 12.0. The van der Waals surface area contributed by atoms with Crippen LogP contribution in [0.25, 0.3) is 0 Å². The molecular formula is C17H18Cl2N4O4S. The Morgan fingerprint density at radius 3 is 2.96 bits per heavy atom. The average Bonchev–Trinajstić information content (AvgIpc) is 3.28. The lowest BCUT2D eigenvalue weighted by Crippen LogP contribution is -2.28. The minimum Gasteiger partial charge on any atom is -0.448 e. The third-order valence-corrected chi connectivity index (χ3v) is 5.36. The van der Waals surface area contributed by atoms with Gasteiger partial charge < -0.3 is 19.7 Å². The fourth-order valence-electron chi connectivity index (χ4n) is 2.38. The minimum atomic E-state index is -0.375. The van der Waals surface area contributed by atoms with Crippen molar-refractivity contribution in [3.05, 3.63) is 44.9 Å². The summed E-state index contributed by atoms with van der Waals surface area (Å²) in [5.74, 6) is 0. The van der Waals surface area contributed by atoms with Crippen molar-refractivity contribution in [3.8, 4) is 0 Å². The molecule has 0 unspecified atom stereocenters. The van der Waals surface area contributed by atoms with E-state index in [0.29, 0.717) is 60.3 Å². The number of nitrogens with one attached hydrogen (secondary N) is 2. The first-order chi connectivity index (χ1) is 13.5. The van der Waals surface area contributed by atoms with E-state index in [4.69, 9.17) is 32.7 Å². The zero-order chi connectivity index (χ0) is 19.9. The SMILES string of the molecule is O=C(NCc1ccc(Cl)c(Cl)c1)Nc1nc(COCCN2CCOC2=O)cs1. The molecular weight excluding hydrogens is 427 g/mol. The molecule has 2 heterocycles. The molecule has 8 nitrogen and oxygen atoms in total. The summed E-state index contributed by atoms with van der Waals surface area (Å²) in [6, 6.07) is 4.79. The van der Waals surface area contributed by atoms with Crippen molar-refractivity contribution in [2.24, 2.45) is 0 Å². The van der Waals surface area contributed by atoms with Gasteiger partial charge >= 0.3 is 12.1 Å². The number of carbonyl (C=O) groups is 2. The zero-order valence-electron chi connectivity index (χ0n) is 14.7. The van der Waals surface area contributed by atoms with Crippen LogP contribution in [0.4, 0.5) is 14.7 Å². The van der Waals surface area contributed by atoms with Crippen LogP contribution in [0.1, 0.15) is 11.3 Å². The molecule has 0 aliphatic carbocycles. The number of rotatable bonds is 8. The third kappa shape index (κ3) is 5.96. The van der Waals surface area contributed by atoms with Gasteiger partial charge in [0.2, 0.25) is 0 Å². The summed E-state index contributed by atoms with van der Waals surface area (Å²) in [5, 5.41) is 8.57. The summed E-state index contributed by atoms with van der Waals surface area (Å²) in [6.07, 6.45) is -0.310. The van der Waals surface area contributed by atoms with Crippen LogP contribution in [0.5, 0.6) is 0 Å². The Morgan fingerprint density at radius 2 is 2.21 bits per heavy atom. The molecule has 3 amide bonds. The van der Waals surface area contributed by atoms with Gasteiger partial charge in [0.05, 0.1) is 35.5 Å². The second kappa shape index (κ2) is 9.92. The van der Waals surface area contributed by atoms with Crippen LogP contribution >= 0.6 is 34.5 Å². The fourth-order valence-corrected chi connectivity index (χ4v) is 3.39. The van der Waals surface area contributed by atoms with E-state index in [2.05, 4.69) is 15.6 Å². The fraction of sp³-hybridized carbons (Fsp3) is 0.353. The normalized spacial score (nSPS) is 13.5. The van der Waals surface area contributed by atoms with Crippen molar-refractivity contribution < 1.29 is 19.1 Å². The molecule has 0 radical (unpaired) electrons. The van der Waals surface area contributed by atoms with Gasteiger partial charge in [0.25, 0.3) is 0 Å². The Labute approximate surface area is 175 Å².